The lowest BCUT2D eigenvalue weighted by Crippen LogP contribution is -2.17. The van der Waals surface area contributed by atoms with Crippen molar-refractivity contribution in [2.75, 3.05) is 0 Å². The van der Waals surface area contributed by atoms with Crippen LogP contribution >= 0.6 is 11.8 Å². The van der Waals surface area contributed by atoms with E-state index >= 15 is 0 Å². The van der Waals surface area contributed by atoms with Gasteiger partial charge in [0.05, 0.1) is 4.75 Å². The molecule has 0 aliphatic carbocycles. The summed E-state index contributed by atoms with van der Waals surface area (Å²) in [6.07, 6.45) is 4.79. The number of allylic oxidation sites excluding steroid dienone is 2. The fourth-order valence-electron chi connectivity index (χ4n) is 1.14. The molecule has 1 aliphatic heterocycles. The van der Waals surface area contributed by atoms with Crippen LogP contribution in [-0.2, 0) is 4.79 Å². The average molecular weight is 196 g/mol. The molecule has 2 nitrogen and oxygen atoms in total. The molecule has 1 atom stereocenters. The summed E-state index contributed by atoms with van der Waals surface area (Å²) >= 11 is 1.11. The SMILES string of the molecule is C=C/C(C)=C\C1(C)SC(=O)C=C1O. The zero-order valence-electron chi connectivity index (χ0n) is 7.70. The van der Waals surface area contributed by atoms with Gasteiger partial charge in [0.2, 0.25) is 5.12 Å². The van der Waals surface area contributed by atoms with E-state index < -0.39 is 4.75 Å². The Morgan fingerprint density at radius 1 is 1.77 bits per heavy atom. The highest BCUT2D eigenvalue weighted by Crippen LogP contribution is 2.40. The molecule has 0 radical (unpaired) electrons. The molecule has 1 aliphatic rings. The summed E-state index contributed by atoms with van der Waals surface area (Å²) < 4.78 is -0.602. The predicted molar refractivity (Wildman–Crippen MR) is 55.7 cm³/mol. The van der Waals surface area contributed by atoms with Gasteiger partial charge < -0.3 is 5.11 Å². The maximum Gasteiger partial charge on any atom is 0.216 e. The van der Waals surface area contributed by atoms with Crippen LogP contribution in [0.25, 0.3) is 0 Å². The Kier molecular flexibility index (Phi) is 2.66. The lowest BCUT2D eigenvalue weighted by Gasteiger charge is -2.18. The minimum atomic E-state index is -0.602. The fraction of sp³-hybridized carbons (Fsp3) is 0.300. The standard InChI is InChI=1S/C10H12O2S/c1-4-7(2)6-10(3)8(11)5-9(12)13-10/h4-6,11H,1H2,2-3H3/b7-6-. The van der Waals surface area contributed by atoms with E-state index in [-0.39, 0.29) is 10.9 Å². The quantitative estimate of drug-likeness (QED) is 0.690. The third kappa shape index (κ3) is 2.04. The first-order valence-corrected chi connectivity index (χ1v) is 4.75. The van der Waals surface area contributed by atoms with E-state index in [2.05, 4.69) is 6.58 Å². The maximum atomic E-state index is 11.0. The highest BCUT2D eigenvalue weighted by Gasteiger charge is 2.36. The summed E-state index contributed by atoms with van der Waals surface area (Å²) in [4.78, 5) is 11.0. The molecule has 70 valence electrons. The number of thioether (sulfide) groups is 1. The second kappa shape index (κ2) is 3.42. The van der Waals surface area contributed by atoms with Crippen molar-refractivity contribution in [2.24, 2.45) is 0 Å². The van der Waals surface area contributed by atoms with Crippen molar-refractivity contribution in [1.82, 2.24) is 0 Å². The number of carbonyl (C=O) groups is 1. The molecular formula is C10H12O2S. The van der Waals surface area contributed by atoms with Crippen LogP contribution in [0.2, 0.25) is 0 Å². The fourth-order valence-corrected chi connectivity index (χ4v) is 2.14. The van der Waals surface area contributed by atoms with Crippen LogP contribution in [0.4, 0.5) is 0 Å². The smallest absolute Gasteiger partial charge is 0.216 e. The van der Waals surface area contributed by atoms with Gasteiger partial charge in [0.1, 0.15) is 5.76 Å². The summed E-state index contributed by atoms with van der Waals surface area (Å²) in [5, 5.41) is 9.40. The van der Waals surface area contributed by atoms with Crippen molar-refractivity contribution in [3.8, 4) is 0 Å². The number of rotatable bonds is 2. The Balaban J connectivity index is 2.98. The number of aliphatic hydroxyl groups is 1. The summed E-state index contributed by atoms with van der Waals surface area (Å²) in [7, 11) is 0. The van der Waals surface area contributed by atoms with Gasteiger partial charge >= 0.3 is 0 Å². The molecule has 0 amide bonds. The Morgan fingerprint density at radius 3 is 2.77 bits per heavy atom. The number of carbonyl (C=O) groups excluding carboxylic acids is 1. The molecule has 0 aromatic carbocycles. The lowest BCUT2D eigenvalue weighted by molar-refractivity contribution is -0.106. The predicted octanol–water partition coefficient (Wildman–Crippen LogP) is 2.59. The molecule has 0 bridgehead atoms. The Morgan fingerprint density at radius 2 is 2.38 bits per heavy atom. The van der Waals surface area contributed by atoms with Gasteiger partial charge in [-0.3, -0.25) is 4.79 Å². The third-order valence-electron chi connectivity index (χ3n) is 1.90. The highest BCUT2D eigenvalue weighted by atomic mass is 32.2. The second-order valence-electron chi connectivity index (χ2n) is 3.15. The molecule has 3 heteroatoms. The van der Waals surface area contributed by atoms with Crippen LogP contribution in [0, 0.1) is 0 Å². The van der Waals surface area contributed by atoms with Crippen LogP contribution in [0.15, 0.2) is 36.1 Å². The van der Waals surface area contributed by atoms with E-state index in [1.54, 1.807) is 13.0 Å². The third-order valence-corrected chi connectivity index (χ3v) is 2.97. The zero-order valence-corrected chi connectivity index (χ0v) is 8.52. The molecule has 13 heavy (non-hydrogen) atoms. The van der Waals surface area contributed by atoms with Crippen LogP contribution in [0.1, 0.15) is 13.8 Å². The molecule has 1 unspecified atom stereocenters. The molecule has 0 aromatic rings. The van der Waals surface area contributed by atoms with E-state index in [1.807, 2.05) is 13.0 Å². The first kappa shape index (κ1) is 10.1. The zero-order chi connectivity index (χ0) is 10.1. The van der Waals surface area contributed by atoms with Gasteiger partial charge in [0.15, 0.2) is 0 Å². The van der Waals surface area contributed by atoms with Crippen LogP contribution in [0.5, 0.6) is 0 Å². The molecule has 0 fully saturated rings. The largest absolute Gasteiger partial charge is 0.510 e. The van der Waals surface area contributed by atoms with E-state index in [4.69, 9.17) is 0 Å². The van der Waals surface area contributed by atoms with Crippen molar-refractivity contribution in [3.63, 3.8) is 0 Å². The van der Waals surface area contributed by atoms with E-state index in [0.29, 0.717) is 0 Å². The summed E-state index contributed by atoms with van der Waals surface area (Å²) in [6, 6.07) is 0. The van der Waals surface area contributed by atoms with Crippen molar-refractivity contribution < 1.29 is 9.90 Å². The van der Waals surface area contributed by atoms with Gasteiger partial charge in [-0.25, -0.2) is 0 Å². The van der Waals surface area contributed by atoms with E-state index in [1.165, 1.54) is 6.08 Å². The first-order chi connectivity index (χ1) is 5.98. The van der Waals surface area contributed by atoms with Gasteiger partial charge in [-0.1, -0.05) is 36.1 Å². The van der Waals surface area contributed by atoms with Crippen molar-refractivity contribution in [3.05, 3.63) is 36.1 Å². The average Bonchev–Trinajstić information content (AvgIpc) is 2.25. The van der Waals surface area contributed by atoms with Crippen LogP contribution in [-0.4, -0.2) is 15.0 Å². The number of hydrogen-bond donors (Lipinski definition) is 1. The van der Waals surface area contributed by atoms with E-state index in [9.17, 15) is 9.90 Å². The molecule has 0 saturated carbocycles. The molecular weight excluding hydrogens is 184 g/mol. The summed E-state index contributed by atoms with van der Waals surface area (Å²) in [5.41, 5.74) is 0.949. The monoisotopic (exact) mass is 196 g/mol. The molecule has 0 aromatic heterocycles. The van der Waals surface area contributed by atoms with Gasteiger partial charge in [0.25, 0.3) is 0 Å². The van der Waals surface area contributed by atoms with Crippen molar-refractivity contribution in [2.45, 2.75) is 18.6 Å². The van der Waals surface area contributed by atoms with Crippen molar-refractivity contribution in [1.29, 1.82) is 0 Å². The van der Waals surface area contributed by atoms with Gasteiger partial charge in [-0.2, -0.15) is 0 Å². The second-order valence-corrected chi connectivity index (χ2v) is 4.60. The van der Waals surface area contributed by atoms with Crippen LogP contribution in [0.3, 0.4) is 0 Å². The topological polar surface area (TPSA) is 37.3 Å². The van der Waals surface area contributed by atoms with Gasteiger partial charge in [-0.05, 0) is 13.8 Å². The Hall–Kier alpha value is -0.960. The first-order valence-electron chi connectivity index (χ1n) is 3.94. The minimum Gasteiger partial charge on any atom is -0.510 e. The molecule has 0 saturated heterocycles. The highest BCUT2D eigenvalue weighted by molar-refractivity contribution is 8.15. The molecule has 1 rings (SSSR count). The Bertz CT molecular complexity index is 315. The number of aliphatic hydroxyl groups excluding tert-OH is 1. The molecule has 1 heterocycles. The van der Waals surface area contributed by atoms with E-state index in [0.717, 1.165) is 17.3 Å². The maximum absolute atomic E-state index is 11.0. The van der Waals surface area contributed by atoms with Gasteiger partial charge in [-0.15, -0.1) is 0 Å². The van der Waals surface area contributed by atoms with Crippen LogP contribution < -0.4 is 0 Å². The molecule has 0 spiro atoms. The van der Waals surface area contributed by atoms with Gasteiger partial charge in [0, 0.05) is 6.08 Å². The summed E-state index contributed by atoms with van der Waals surface area (Å²) in [5.74, 6) is 0.115. The summed E-state index contributed by atoms with van der Waals surface area (Å²) in [6.45, 7) is 7.31. The minimum absolute atomic E-state index is 0.104. The normalized spacial score (nSPS) is 28.9. The number of hydrogen-bond acceptors (Lipinski definition) is 3. The Labute approximate surface area is 82.0 Å². The lowest BCUT2D eigenvalue weighted by atomic mass is 10.1. The molecule has 1 N–H and O–H groups in total. The van der Waals surface area contributed by atoms with Crippen molar-refractivity contribution >= 4 is 16.9 Å².